The molecule has 0 bridgehead atoms. The average molecular weight is 414 g/mol. The average Bonchev–Trinajstić information content (AvgIpc) is 3.20. The highest BCUT2D eigenvalue weighted by Crippen LogP contribution is 2.19. The topological polar surface area (TPSA) is 96.7 Å². The highest BCUT2D eigenvalue weighted by atomic mass is 32.1. The summed E-state index contributed by atoms with van der Waals surface area (Å²) in [7, 11) is 0. The molecule has 0 aromatic heterocycles. The Morgan fingerprint density at radius 3 is 2.62 bits per heavy atom. The van der Waals surface area contributed by atoms with Gasteiger partial charge in [-0.05, 0) is 42.8 Å². The van der Waals surface area contributed by atoms with E-state index in [1.165, 1.54) is 12.1 Å². The maximum absolute atomic E-state index is 12.4. The van der Waals surface area contributed by atoms with Gasteiger partial charge in [0.2, 0.25) is 0 Å². The first kappa shape index (κ1) is 20.5. The molecule has 1 aliphatic heterocycles. The van der Waals surface area contributed by atoms with Crippen LogP contribution in [0.1, 0.15) is 18.4 Å². The zero-order valence-electron chi connectivity index (χ0n) is 15.7. The maximum atomic E-state index is 12.4. The smallest absolute Gasteiger partial charge is 0.410 e. The van der Waals surface area contributed by atoms with Crippen LogP contribution in [0.25, 0.3) is 0 Å². The van der Waals surface area contributed by atoms with Gasteiger partial charge in [-0.15, -0.1) is 0 Å². The lowest BCUT2D eigenvalue weighted by molar-refractivity contribution is -0.384. The number of nitro groups is 1. The largest absolute Gasteiger partial charge is 0.445 e. The highest BCUT2D eigenvalue weighted by molar-refractivity contribution is 7.80. The number of likely N-dealkylation sites (tertiary alicyclic amines) is 1. The van der Waals surface area contributed by atoms with E-state index in [9.17, 15) is 14.9 Å². The van der Waals surface area contributed by atoms with E-state index >= 15 is 0 Å². The summed E-state index contributed by atoms with van der Waals surface area (Å²) in [6, 6.07) is 15.6. The summed E-state index contributed by atoms with van der Waals surface area (Å²) in [5, 5.41) is 17.2. The molecule has 3 rings (SSSR count). The predicted octanol–water partition coefficient (Wildman–Crippen LogP) is 3.68. The van der Waals surface area contributed by atoms with Gasteiger partial charge in [0.05, 0.1) is 11.0 Å². The summed E-state index contributed by atoms with van der Waals surface area (Å²) in [5.41, 5.74) is 1.62. The van der Waals surface area contributed by atoms with Crippen LogP contribution in [0, 0.1) is 10.1 Å². The van der Waals surface area contributed by atoms with Crippen molar-refractivity contribution >= 4 is 34.8 Å². The lowest BCUT2D eigenvalue weighted by atomic mass is 10.2. The summed E-state index contributed by atoms with van der Waals surface area (Å²) in [5.74, 6) is 0. The molecule has 0 saturated carbocycles. The van der Waals surface area contributed by atoms with Crippen LogP contribution < -0.4 is 10.6 Å². The second kappa shape index (κ2) is 9.83. The fraction of sp³-hybridized carbons (Fsp3) is 0.300. The fourth-order valence-corrected chi connectivity index (χ4v) is 3.34. The molecule has 1 heterocycles. The van der Waals surface area contributed by atoms with E-state index in [0.29, 0.717) is 23.9 Å². The number of rotatable bonds is 6. The highest BCUT2D eigenvalue weighted by Gasteiger charge is 2.29. The molecule has 1 saturated heterocycles. The van der Waals surface area contributed by atoms with Crippen LogP contribution in [0.4, 0.5) is 16.2 Å². The molecular formula is C20H22N4O4S. The van der Waals surface area contributed by atoms with Gasteiger partial charge in [0.25, 0.3) is 5.69 Å². The number of nitrogens with zero attached hydrogens (tertiary/aromatic N) is 2. The molecule has 0 radical (unpaired) electrons. The zero-order valence-corrected chi connectivity index (χ0v) is 16.6. The van der Waals surface area contributed by atoms with Gasteiger partial charge < -0.3 is 20.3 Å². The number of hydrogen-bond donors (Lipinski definition) is 2. The van der Waals surface area contributed by atoms with Crippen molar-refractivity contribution in [3.05, 3.63) is 70.3 Å². The van der Waals surface area contributed by atoms with Crippen LogP contribution in [0.15, 0.2) is 54.6 Å². The minimum absolute atomic E-state index is 0.00474. The van der Waals surface area contributed by atoms with E-state index in [2.05, 4.69) is 10.6 Å². The number of hydrogen-bond acceptors (Lipinski definition) is 5. The second-order valence-corrected chi connectivity index (χ2v) is 7.08. The van der Waals surface area contributed by atoms with Crippen molar-refractivity contribution in [3.8, 4) is 0 Å². The van der Waals surface area contributed by atoms with Crippen molar-refractivity contribution in [1.29, 1.82) is 0 Å². The third-order valence-electron chi connectivity index (χ3n) is 4.65. The molecule has 2 aromatic carbocycles. The van der Waals surface area contributed by atoms with Crippen LogP contribution in [0.2, 0.25) is 0 Å². The van der Waals surface area contributed by atoms with E-state index in [-0.39, 0.29) is 24.4 Å². The molecule has 1 amide bonds. The SMILES string of the molecule is O=C(OCc1ccccc1)N1CCC[C@@H]1CNC(=S)Nc1ccc([N+](=O)[O-])cc1. The van der Waals surface area contributed by atoms with Crippen LogP contribution in [-0.2, 0) is 11.3 Å². The normalized spacial score (nSPS) is 15.6. The van der Waals surface area contributed by atoms with Crippen molar-refractivity contribution in [2.75, 3.05) is 18.4 Å². The second-order valence-electron chi connectivity index (χ2n) is 6.67. The summed E-state index contributed by atoms with van der Waals surface area (Å²) in [4.78, 5) is 24.4. The summed E-state index contributed by atoms with van der Waals surface area (Å²) < 4.78 is 5.43. The molecule has 1 fully saturated rings. The molecule has 29 heavy (non-hydrogen) atoms. The minimum atomic E-state index is -0.452. The molecule has 8 nitrogen and oxygen atoms in total. The number of ether oxygens (including phenoxy) is 1. The lowest BCUT2D eigenvalue weighted by Gasteiger charge is -2.25. The quantitative estimate of drug-likeness (QED) is 0.423. The van der Waals surface area contributed by atoms with Crippen LogP contribution >= 0.6 is 12.2 Å². The molecule has 2 N–H and O–H groups in total. The Labute approximate surface area is 174 Å². The Bertz CT molecular complexity index is 861. The van der Waals surface area contributed by atoms with Gasteiger partial charge in [-0.3, -0.25) is 10.1 Å². The van der Waals surface area contributed by atoms with Crippen molar-refractivity contribution in [3.63, 3.8) is 0 Å². The number of anilines is 1. The maximum Gasteiger partial charge on any atom is 0.410 e. The van der Waals surface area contributed by atoms with Gasteiger partial charge in [-0.1, -0.05) is 30.3 Å². The molecule has 1 atom stereocenters. The van der Waals surface area contributed by atoms with Gasteiger partial charge in [-0.25, -0.2) is 4.79 Å². The van der Waals surface area contributed by atoms with E-state index < -0.39 is 4.92 Å². The van der Waals surface area contributed by atoms with Crippen LogP contribution in [0.3, 0.4) is 0 Å². The Morgan fingerprint density at radius 2 is 1.93 bits per heavy atom. The predicted molar refractivity (Wildman–Crippen MR) is 114 cm³/mol. The van der Waals surface area contributed by atoms with E-state index in [1.807, 2.05) is 30.3 Å². The number of nitro benzene ring substituents is 1. The van der Waals surface area contributed by atoms with Crippen molar-refractivity contribution < 1.29 is 14.5 Å². The fourth-order valence-electron chi connectivity index (χ4n) is 3.14. The number of carbonyl (C=O) groups is 1. The van der Waals surface area contributed by atoms with Crippen molar-refractivity contribution in [1.82, 2.24) is 10.2 Å². The standard InChI is InChI=1S/C20H22N4O4S/c25-20(28-14-15-5-2-1-3-6-15)23-12-4-7-18(23)13-21-19(29)22-16-8-10-17(11-9-16)24(26)27/h1-3,5-6,8-11,18H,4,7,12-14H2,(H2,21,22,29)/t18-/m1/s1. The summed E-state index contributed by atoms with van der Waals surface area (Å²) in [6.45, 7) is 1.40. The van der Waals surface area contributed by atoms with Crippen molar-refractivity contribution in [2.45, 2.75) is 25.5 Å². The molecule has 1 aliphatic rings. The number of nitrogens with one attached hydrogen (secondary N) is 2. The Hall–Kier alpha value is -3.20. The Morgan fingerprint density at radius 1 is 1.21 bits per heavy atom. The van der Waals surface area contributed by atoms with Gasteiger partial charge in [0, 0.05) is 30.9 Å². The summed E-state index contributed by atoms with van der Waals surface area (Å²) >= 11 is 5.28. The van der Waals surface area contributed by atoms with Crippen molar-refractivity contribution in [2.24, 2.45) is 0 Å². The summed E-state index contributed by atoms with van der Waals surface area (Å²) in [6.07, 6.45) is 1.45. The number of amides is 1. The molecule has 152 valence electrons. The van der Waals surface area contributed by atoms with Gasteiger partial charge in [0.1, 0.15) is 6.61 Å². The first-order chi connectivity index (χ1) is 14.0. The molecule has 0 aliphatic carbocycles. The monoisotopic (exact) mass is 414 g/mol. The Balaban J connectivity index is 1.45. The van der Waals surface area contributed by atoms with Gasteiger partial charge in [0.15, 0.2) is 5.11 Å². The minimum Gasteiger partial charge on any atom is -0.445 e. The Kier molecular flexibility index (Phi) is 6.96. The van der Waals surface area contributed by atoms with Gasteiger partial charge >= 0.3 is 6.09 Å². The van der Waals surface area contributed by atoms with E-state index in [1.54, 1.807) is 17.0 Å². The first-order valence-electron chi connectivity index (χ1n) is 9.29. The molecule has 0 spiro atoms. The number of thiocarbonyl (C=S) groups is 1. The number of carbonyl (C=O) groups excluding carboxylic acids is 1. The molecule has 2 aromatic rings. The lowest BCUT2D eigenvalue weighted by Crippen LogP contribution is -2.44. The number of benzene rings is 2. The number of non-ortho nitro benzene ring substituents is 1. The third kappa shape index (κ3) is 5.89. The molecular weight excluding hydrogens is 392 g/mol. The third-order valence-corrected chi connectivity index (χ3v) is 4.90. The molecule has 0 unspecified atom stereocenters. The van der Waals surface area contributed by atoms with E-state index in [0.717, 1.165) is 18.4 Å². The van der Waals surface area contributed by atoms with Crippen LogP contribution in [-0.4, -0.2) is 40.2 Å². The molecule has 9 heteroatoms. The zero-order chi connectivity index (χ0) is 20.6. The van der Waals surface area contributed by atoms with E-state index in [4.69, 9.17) is 17.0 Å². The van der Waals surface area contributed by atoms with Gasteiger partial charge in [-0.2, -0.15) is 0 Å². The first-order valence-corrected chi connectivity index (χ1v) is 9.70. The van der Waals surface area contributed by atoms with Crippen LogP contribution in [0.5, 0.6) is 0 Å².